The third-order valence-corrected chi connectivity index (χ3v) is 4.36. The molecular formula is C18H18O4S. The van der Waals surface area contributed by atoms with Gasteiger partial charge in [0.15, 0.2) is 11.5 Å². The lowest BCUT2D eigenvalue weighted by atomic mass is 10.2. The van der Waals surface area contributed by atoms with Gasteiger partial charge >= 0.3 is 5.97 Å². The minimum atomic E-state index is -0.754. The van der Waals surface area contributed by atoms with Crippen molar-refractivity contribution in [1.82, 2.24) is 0 Å². The lowest BCUT2D eigenvalue weighted by molar-refractivity contribution is -0.159. The Kier molecular flexibility index (Phi) is 4.76. The fraction of sp³-hybridized carbons (Fsp3) is 0.278. The Morgan fingerprint density at radius 3 is 2.39 bits per heavy atom. The zero-order valence-corrected chi connectivity index (χ0v) is 13.8. The van der Waals surface area contributed by atoms with Gasteiger partial charge in [-0.2, -0.15) is 0 Å². The van der Waals surface area contributed by atoms with Crippen molar-refractivity contribution in [2.75, 3.05) is 6.26 Å². The van der Waals surface area contributed by atoms with Crippen LogP contribution in [0, 0.1) is 0 Å². The minimum Gasteiger partial charge on any atom is -0.482 e. The van der Waals surface area contributed by atoms with E-state index in [0.29, 0.717) is 11.5 Å². The molecule has 5 heteroatoms. The van der Waals surface area contributed by atoms with Crippen LogP contribution in [-0.4, -0.2) is 24.4 Å². The van der Waals surface area contributed by atoms with E-state index in [4.69, 9.17) is 14.2 Å². The maximum absolute atomic E-state index is 12.3. The second kappa shape index (κ2) is 6.96. The van der Waals surface area contributed by atoms with Crippen LogP contribution in [0.2, 0.25) is 0 Å². The van der Waals surface area contributed by atoms with Crippen LogP contribution in [0.5, 0.6) is 11.5 Å². The number of para-hydroxylation sites is 2. The van der Waals surface area contributed by atoms with Gasteiger partial charge in [0.05, 0.1) is 0 Å². The summed E-state index contributed by atoms with van der Waals surface area (Å²) < 4.78 is 16.8. The van der Waals surface area contributed by atoms with E-state index < -0.39 is 18.2 Å². The van der Waals surface area contributed by atoms with Gasteiger partial charge in [-0.25, -0.2) is 4.79 Å². The molecule has 0 spiro atoms. The smallest absolute Gasteiger partial charge is 0.351 e. The molecule has 0 fully saturated rings. The summed E-state index contributed by atoms with van der Waals surface area (Å²) in [5.41, 5.74) is 0.945. The first-order valence-corrected chi connectivity index (χ1v) is 8.62. The molecule has 0 saturated heterocycles. The molecule has 2 atom stereocenters. The Morgan fingerprint density at radius 1 is 1.09 bits per heavy atom. The SMILES string of the molecule is CSc1ccc(COC(=O)C2Oc3ccccc3OC2C)cc1. The van der Waals surface area contributed by atoms with Crippen molar-refractivity contribution < 1.29 is 19.0 Å². The minimum absolute atomic E-state index is 0.224. The first-order chi connectivity index (χ1) is 11.2. The highest BCUT2D eigenvalue weighted by molar-refractivity contribution is 7.98. The molecule has 0 amide bonds. The summed E-state index contributed by atoms with van der Waals surface area (Å²) in [6, 6.07) is 15.2. The van der Waals surface area contributed by atoms with E-state index >= 15 is 0 Å². The third-order valence-electron chi connectivity index (χ3n) is 3.61. The molecule has 0 N–H and O–H groups in total. The molecule has 0 aliphatic carbocycles. The summed E-state index contributed by atoms with van der Waals surface area (Å²) in [7, 11) is 0. The van der Waals surface area contributed by atoms with E-state index in [1.54, 1.807) is 24.8 Å². The number of ether oxygens (including phenoxy) is 3. The summed E-state index contributed by atoms with van der Waals surface area (Å²) in [6.07, 6.45) is 0.876. The number of thioether (sulfide) groups is 1. The van der Waals surface area contributed by atoms with E-state index in [1.165, 1.54) is 4.90 Å². The van der Waals surface area contributed by atoms with Crippen LogP contribution in [0.3, 0.4) is 0 Å². The van der Waals surface area contributed by atoms with Crippen molar-refractivity contribution >= 4 is 17.7 Å². The lowest BCUT2D eigenvalue weighted by Gasteiger charge is -2.30. The highest BCUT2D eigenvalue weighted by Gasteiger charge is 2.35. The van der Waals surface area contributed by atoms with Crippen LogP contribution in [0.1, 0.15) is 12.5 Å². The molecule has 0 saturated carbocycles. The van der Waals surface area contributed by atoms with Crippen LogP contribution in [-0.2, 0) is 16.1 Å². The molecule has 1 aliphatic rings. The van der Waals surface area contributed by atoms with Crippen LogP contribution in [0.25, 0.3) is 0 Å². The van der Waals surface area contributed by atoms with Gasteiger partial charge in [0.25, 0.3) is 0 Å². The average molecular weight is 330 g/mol. The molecular weight excluding hydrogens is 312 g/mol. The quantitative estimate of drug-likeness (QED) is 0.632. The number of hydrogen-bond acceptors (Lipinski definition) is 5. The molecule has 1 aliphatic heterocycles. The Balaban J connectivity index is 1.61. The van der Waals surface area contributed by atoms with Crippen LogP contribution < -0.4 is 9.47 Å². The molecule has 0 radical (unpaired) electrons. The zero-order valence-electron chi connectivity index (χ0n) is 13.0. The highest BCUT2D eigenvalue weighted by atomic mass is 32.2. The molecule has 1 heterocycles. The van der Waals surface area contributed by atoms with E-state index in [-0.39, 0.29) is 6.61 Å². The van der Waals surface area contributed by atoms with Crippen LogP contribution in [0.15, 0.2) is 53.4 Å². The number of hydrogen-bond donors (Lipinski definition) is 0. The van der Waals surface area contributed by atoms with E-state index in [1.807, 2.05) is 48.7 Å². The van der Waals surface area contributed by atoms with Crippen molar-refractivity contribution in [1.29, 1.82) is 0 Å². The van der Waals surface area contributed by atoms with Crippen molar-refractivity contribution in [2.24, 2.45) is 0 Å². The number of carbonyl (C=O) groups excluding carboxylic acids is 1. The second-order valence-electron chi connectivity index (χ2n) is 5.26. The van der Waals surface area contributed by atoms with Gasteiger partial charge in [-0.1, -0.05) is 24.3 Å². The van der Waals surface area contributed by atoms with Gasteiger partial charge in [-0.15, -0.1) is 11.8 Å². The Bertz CT molecular complexity index is 684. The maximum atomic E-state index is 12.3. The van der Waals surface area contributed by atoms with E-state index in [0.717, 1.165) is 5.56 Å². The fourth-order valence-electron chi connectivity index (χ4n) is 2.34. The van der Waals surface area contributed by atoms with Gasteiger partial charge in [0.1, 0.15) is 12.7 Å². The summed E-state index contributed by atoms with van der Waals surface area (Å²) in [4.78, 5) is 13.5. The first kappa shape index (κ1) is 15.7. The monoisotopic (exact) mass is 330 g/mol. The third kappa shape index (κ3) is 3.62. The molecule has 2 aromatic rings. The van der Waals surface area contributed by atoms with Crippen molar-refractivity contribution in [3.05, 3.63) is 54.1 Å². The lowest BCUT2D eigenvalue weighted by Crippen LogP contribution is -2.44. The molecule has 0 aromatic heterocycles. The van der Waals surface area contributed by atoms with Crippen molar-refractivity contribution in [3.63, 3.8) is 0 Å². The Hall–Kier alpha value is -2.14. The number of benzene rings is 2. The molecule has 120 valence electrons. The van der Waals surface area contributed by atoms with Crippen molar-refractivity contribution in [2.45, 2.75) is 30.6 Å². The Labute approximate surface area is 139 Å². The van der Waals surface area contributed by atoms with E-state index in [9.17, 15) is 4.79 Å². The number of carbonyl (C=O) groups is 1. The van der Waals surface area contributed by atoms with Crippen LogP contribution >= 0.6 is 11.8 Å². The summed E-state index contributed by atoms with van der Waals surface area (Å²) in [5, 5.41) is 0. The van der Waals surface area contributed by atoms with Gasteiger partial charge in [0, 0.05) is 4.90 Å². The zero-order chi connectivity index (χ0) is 16.2. The summed E-state index contributed by atoms with van der Waals surface area (Å²) in [5.74, 6) is 0.800. The number of rotatable bonds is 4. The maximum Gasteiger partial charge on any atom is 0.351 e. The molecule has 23 heavy (non-hydrogen) atoms. The number of fused-ring (bicyclic) bond motifs is 1. The summed E-state index contributed by atoms with van der Waals surface area (Å²) in [6.45, 7) is 2.02. The molecule has 2 aromatic carbocycles. The molecule has 0 bridgehead atoms. The second-order valence-corrected chi connectivity index (χ2v) is 6.14. The molecule has 4 nitrogen and oxygen atoms in total. The van der Waals surface area contributed by atoms with Crippen LogP contribution in [0.4, 0.5) is 0 Å². The highest BCUT2D eigenvalue weighted by Crippen LogP contribution is 2.33. The fourth-order valence-corrected chi connectivity index (χ4v) is 2.75. The normalized spacial score (nSPS) is 19.2. The molecule has 2 unspecified atom stereocenters. The van der Waals surface area contributed by atoms with Gasteiger partial charge in [0.2, 0.25) is 6.10 Å². The topological polar surface area (TPSA) is 44.8 Å². The molecule has 3 rings (SSSR count). The standard InChI is InChI=1S/C18H18O4S/c1-12-17(22-16-6-4-3-5-15(16)21-12)18(19)20-11-13-7-9-14(23-2)10-8-13/h3-10,12,17H,11H2,1-2H3. The summed E-state index contributed by atoms with van der Waals surface area (Å²) >= 11 is 1.67. The van der Waals surface area contributed by atoms with Crippen molar-refractivity contribution in [3.8, 4) is 11.5 Å². The number of esters is 1. The van der Waals surface area contributed by atoms with Gasteiger partial charge < -0.3 is 14.2 Å². The van der Waals surface area contributed by atoms with E-state index in [2.05, 4.69) is 0 Å². The first-order valence-electron chi connectivity index (χ1n) is 7.39. The van der Waals surface area contributed by atoms with Gasteiger partial charge in [-0.05, 0) is 43.0 Å². The predicted octanol–water partition coefficient (Wildman–Crippen LogP) is 3.68. The van der Waals surface area contributed by atoms with Gasteiger partial charge in [-0.3, -0.25) is 0 Å². The average Bonchev–Trinajstić information content (AvgIpc) is 2.59. The largest absolute Gasteiger partial charge is 0.482 e. The predicted molar refractivity (Wildman–Crippen MR) is 89.0 cm³/mol. The Morgan fingerprint density at radius 2 is 1.74 bits per heavy atom.